The number of benzene rings is 2. The summed E-state index contributed by atoms with van der Waals surface area (Å²) in [5, 5.41) is 5.19. The van der Waals surface area contributed by atoms with Gasteiger partial charge in [0.1, 0.15) is 6.61 Å². The normalized spacial score (nSPS) is 11.3. The van der Waals surface area contributed by atoms with Gasteiger partial charge in [0.15, 0.2) is 0 Å². The molecule has 0 aliphatic carbocycles. The molecular weight excluding hydrogens is 314 g/mol. The Morgan fingerprint density at radius 3 is 2.26 bits per heavy atom. The number of carbonyl (C=O) groups excluding carboxylic acids is 1. The highest BCUT2D eigenvalue weighted by Crippen LogP contribution is 2.21. The monoisotopic (exact) mass is 333 g/mol. The van der Waals surface area contributed by atoms with Gasteiger partial charge in [-0.1, -0.05) is 29.8 Å². The summed E-state index contributed by atoms with van der Waals surface area (Å²) < 4.78 is 28.5. The molecule has 0 aliphatic rings. The number of carbonyl (C=O) groups is 1. The Morgan fingerprint density at radius 1 is 1.09 bits per heavy atom. The van der Waals surface area contributed by atoms with Crippen molar-refractivity contribution in [3.8, 4) is 0 Å². The van der Waals surface area contributed by atoms with E-state index >= 15 is 0 Å². The number of esters is 1. The maximum atomic E-state index is 12.2. The molecule has 122 valence electrons. The molecule has 2 rings (SSSR count). The van der Waals surface area contributed by atoms with E-state index in [1.807, 2.05) is 31.2 Å². The molecule has 0 saturated heterocycles. The van der Waals surface area contributed by atoms with Gasteiger partial charge in [0, 0.05) is 0 Å². The summed E-state index contributed by atoms with van der Waals surface area (Å²) in [5.74, 6) is -0.585. The highest BCUT2D eigenvalue weighted by Gasteiger charge is 2.18. The van der Waals surface area contributed by atoms with Crippen molar-refractivity contribution in [2.75, 3.05) is 0 Å². The highest BCUT2D eigenvalue weighted by atomic mass is 32.2. The van der Waals surface area contributed by atoms with E-state index in [0.717, 1.165) is 11.1 Å². The van der Waals surface area contributed by atoms with Crippen LogP contribution in [0.15, 0.2) is 41.3 Å². The topological polar surface area (TPSA) is 86.5 Å². The van der Waals surface area contributed by atoms with Gasteiger partial charge in [-0.25, -0.2) is 18.4 Å². The largest absolute Gasteiger partial charge is 0.457 e. The van der Waals surface area contributed by atoms with Crippen LogP contribution in [-0.2, 0) is 21.4 Å². The fraction of sp³-hybridized carbons (Fsp3) is 0.235. The van der Waals surface area contributed by atoms with Crippen molar-refractivity contribution in [2.45, 2.75) is 32.3 Å². The second-order valence-electron chi connectivity index (χ2n) is 5.52. The van der Waals surface area contributed by atoms with Crippen molar-refractivity contribution < 1.29 is 17.9 Å². The van der Waals surface area contributed by atoms with Crippen molar-refractivity contribution in [3.63, 3.8) is 0 Å². The Labute approximate surface area is 136 Å². The minimum atomic E-state index is -3.89. The van der Waals surface area contributed by atoms with Gasteiger partial charge in [0.2, 0.25) is 10.0 Å². The van der Waals surface area contributed by atoms with Crippen molar-refractivity contribution in [3.05, 3.63) is 64.2 Å². The molecule has 0 aromatic heterocycles. The van der Waals surface area contributed by atoms with E-state index in [1.165, 1.54) is 6.07 Å². The summed E-state index contributed by atoms with van der Waals surface area (Å²) in [6.07, 6.45) is 0. The lowest BCUT2D eigenvalue weighted by Crippen LogP contribution is -2.16. The van der Waals surface area contributed by atoms with E-state index in [2.05, 4.69) is 0 Å². The first-order valence-corrected chi connectivity index (χ1v) is 8.60. The molecule has 0 spiro atoms. The predicted octanol–water partition coefficient (Wildman–Crippen LogP) is 2.62. The van der Waals surface area contributed by atoms with E-state index < -0.39 is 16.0 Å². The second-order valence-corrected chi connectivity index (χ2v) is 7.05. The van der Waals surface area contributed by atoms with Gasteiger partial charge in [-0.2, -0.15) is 0 Å². The van der Waals surface area contributed by atoms with Crippen molar-refractivity contribution >= 4 is 16.0 Å². The molecule has 2 aromatic carbocycles. The van der Waals surface area contributed by atoms with Crippen LogP contribution in [0.4, 0.5) is 0 Å². The molecule has 23 heavy (non-hydrogen) atoms. The molecule has 2 aromatic rings. The zero-order valence-electron chi connectivity index (χ0n) is 13.3. The third-order valence-electron chi connectivity index (χ3n) is 3.65. The van der Waals surface area contributed by atoms with E-state index in [9.17, 15) is 13.2 Å². The fourth-order valence-electron chi connectivity index (χ4n) is 2.16. The Morgan fingerprint density at radius 2 is 1.70 bits per heavy atom. The van der Waals surface area contributed by atoms with E-state index in [4.69, 9.17) is 9.88 Å². The second kappa shape index (κ2) is 6.52. The number of nitrogens with two attached hydrogens (primary N) is 1. The number of hydrogen-bond donors (Lipinski definition) is 1. The number of hydrogen-bond acceptors (Lipinski definition) is 4. The minimum absolute atomic E-state index is 0.0558. The summed E-state index contributed by atoms with van der Waals surface area (Å²) in [6, 6.07) is 10.5. The third-order valence-corrected chi connectivity index (χ3v) is 4.69. The first-order valence-electron chi connectivity index (χ1n) is 7.05. The van der Waals surface area contributed by atoms with Gasteiger partial charge in [0.25, 0.3) is 0 Å². The lowest BCUT2D eigenvalue weighted by atomic mass is 10.1. The Kier molecular flexibility index (Phi) is 4.87. The van der Waals surface area contributed by atoms with Crippen LogP contribution in [0.1, 0.15) is 32.6 Å². The molecule has 5 nitrogen and oxygen atoms in total. The molecule has 0 aliphatic heterocycles. The highest BCUT2D eigenvalue weighted by molar-refractivity contribution is 7.89. The van der Waals surface area contributed by atoms with Gasteiger partial charge < -0.3 is 4.74 Å². The summed E-state index contributed by atoms with van der Waals surface area (Å²) in [5.41, 5.74) is 3.34. The van der Waals surface area contributed by atoms with E-state index in [1.54, 1.807) is 19.9 Å². The quantitative estimate of drug-likeness (QED) is 0.871. The number of aryl methyl sites for hydroxylation is 2. The zero-order chi connectivity index (χ0) is 17.2. The zero-order valence-corrected chi connectivity index (χ0v) is 14.1. The van der Waals surface area contributed by atoms with Crippen molar-refractivity contribution in [1.82, 2.24) is 0 Å². The smallest absolute Gasteiger partial charge is 0.338 e. The van der Waals surface area contributed by atoms with Gasteiger partial charge in [-0.05, 0) is 49.6 Å². The lowest BCUT2D eigenvalue weighted by molar-refractivity contribution is 0.0472. The number of sulfonamides is 1. The number of rotatable bonds is 4. The summed E-state index contributed by atoms with van der Waals surface area (Å²) in [6.45, 7) is 5.47. The van der Waals surface area contributed by atoms with Crippen LogP contribution in [0.2, 0.25) is 0 Å². The molecule has 2 N–H and O–H groups in total. The Balaban J connectivity index is 2.22. The van der Waals surface area contributed by atoms with Gasteiger partial charge in [-0.3, -0.25) is 0 Å². The predicted molar refractivity (Wildman–Crippen MR) is 87.6 cm³/mol. The molecule has 0 unspecified atom stereocenters. The van der Waals surface area contributed by atoms with E-state index in [-0.39, 0.29) is 17.1 Å². The molecular formula is C17H19NO4S. The standard InChI is InChI=1S/C17H19NO4S/c1-11-4-6-14(7-5-11)10-22-17(19)15-8-12(2)13(3)16(9-15)23(18,20)21/h4-9H,10H2,1-3H3,(H2,18,20,21). The molecule has 0 fully saturated rings. The van der Waals surface area contributed by atoms with Crippen LogP contribution in [0, 0.1) is 20.8 Å². The molecule has 0 amide bonds. The average Bonchev–Trinajstić information content (AvgIpc) is 2.47. The Hall–Kier alpha value is -2.18. The number of primary sulfonamides is 1. The van der Waals surface area contributed by atoms with Gasteiger partial charge in [0.05, 0.1) is 10.5 Å². The SMILES string of the molecule is Cc1ccc(COC(=O)c2cc(C)c(C)c(S(N)(=O)=O)c2)cc1. The van der Waals surface area contributed by atoms with Crippen molar-refractivity contribution in [1.29, 1.82) is 0 Å². The van der Waals surface area contributed by atoms with Crippen LogP contribution in [-0.4, -0.2) is 14.4 Å². The van der Waals surface area contributed by atoms with Crippen LogP contribution >= 0.6 is 0 Å². The summed E-state index contributed by atoms with van der Waals surface area (Å²) in [4.78, 5) is 12.1. The molecule has 0 saturated carbocycles. The first kappa shape index (κ1) is 17.2. The molecule has 6 heteroatoms. The molecule has 0 atom stereocenters. The maximum Gasteiger partial charge on any atom is 0.338 e. The third kappa shape index (κ3) is 4.18. The van der Waals surface area contributed by atoms with Crippen LogP contribution in [0.25, 0.3) is 0 Å². The fourth-order valence-corrected chi connectivity index (χ4v) is 3.04. The lowest BCUT2D eigenvalue weighted by Gasteiger charge is -2.11. The van der Waals surface area contributed by atoms with Gasteiger partial charge >= 0.3 is 5.97 Å². The van der Waals surface area contributed by atoms with Crippen molar-refractivity contribution in [2.24, 2.45) is 5.14 Å². The number of ether oxygens (including phenoxy) is 1. The van der Waals surface area contributed by atoms with Crippen LogP contribution < -0.4 is 5.14 Å². The van der Waals surface area contributed by atoms with Crippen LogP contribution in [0.3, 0.4) is 0 Å². The van der Waals surface area contributed by atoms with E-state index in [0.29, 0.717) is 11.1 Å². The Bertz CT molecular complexity index is 840. The first-order chi connectivity index (χ1) is 10.7. The molecule has 0 bridgehead atoms. The van der Waals surface area contributed by atoms with Gasteiger partial charge in [-0.15, -0.1) is 0 Å². The summed E-state index contributed by atoms with van der Waals surface area (Å²) >= 11 is 0. The molecule has 0 heterocycles. The molecule has 0 radical (unpaired) electrons. The van der Waals surface area contributed by atoms with Crippen LogP contribution in [0.5, 0.6) is 0 Å². The minimum Gasteiger partial charge on any atom is -0.457 e. The summed E-state index contributed by atoms with van der Waals surface area (Å²) in [7, 11) is -3.89. The average molecular weight is 333 g/mol. The maximum absolute atomic E-state index is 12.2.